The number of anilines is 4. The van der Waals surface area contributed by atoms with Crippen molar-refractivity contribution in [2.75, 3.05) is 10.6 Å². The maximum atomic E-state index is 7.47. The van der Waals surface area contributed by atoms with Crippen LogP contribution in [0.15, 0.2) is 78.9 Å². The minimum atomic E-state index is 0.517. The van der Waals surface area contributed by atoms with Crippen molar-refractivity contribution in [2.45, 2.75) is 0 Å². The molecule has 0 unspecified atom stereocenters. The molecule has 3 aromatic carbocycles. The van der Waals surface area contributed by atoms with E-state index >= 15 is 0 Å². The first kappa shape index (κ1) is 13.1. The van der Waals surface area contributed by atoms with Gasteiger partial charge < -0.3 is 16.4 Å². The van der Waals surface area contributed by atoms with Crippen molar-refractivity contribution in [2.24, 2.45) is 0 Å². The average Bonchev–Trinajstić information content (AvgIpc) is 2.53. The number of hydrogen-bond donors (Lipinski definition) is 2. The summed E-state index contributed by atoms with van der Waals surface area (Å²) >= 11 is 0. The highest BCUT2D eigenvalue weighted by Gasteiger charge is 1.97. The molecular weight excluding hydrogens is 258 g/mol. The third-order valence-electron chi connectivity index (χ3n) is 3.12. The zero-order valence-corrected chi connectivity index (χ0v) is 11.5. The highest BCUT2D eigenvalue weighted by Crippen LogP contribution is 2.22. The van der Waals surface area contributed by atoms with Gasteiger partial charge in [0.25, 0.3) is 0 Å². The normalized spacial score (nSPS) is 10.1. The molecule has 0 aliphatic rings. The summed E-state index contributed by atoms with van der Waals surface area (Å²) in [5.41, 5.74) is 12.1. The second-order valence-electron chi connectivity index (χ2n) is 4.77. The molecule has 0 saturated carbocycles. The van der Waals surface area contributed by atoms with Crippen LogP contribution in [0.1, 0.15) is 0 Å². The first-order valence-electron chi connectivity index (χ1n) is 6.80. The van der Waals surface area contributed by atoms with Gasteiger partial charge in [-0.15, -0.1) is 0 Å². The molecule has 0 fully saturated rings. The summed E-state index contributed by atoms with van der Waals surface area (Å²) in [5.74, 6) is 0. The number of benzene rings is 3. The molecule has 21 heavy (non-hydrogen) atoms. The van der Waals surface area contributed by atoms with Crippen LogP contribution in [0.4, 0.5) is 28.4 Å². The molecule has 3 N–H and O–H groups in total. The third kappa shape index (κ3) is 3.54. The Kier molecular flexibility index (Phi) is 3.74. The molecule has 3 nitrogen and oxygen atoms in total. The van der Waals surface area contributed by atoms with Gasteiger partial charge >= 0.3 is 0 Å². The summed E-state index contributed by atoms with van der Waals surface area (Å²) in [7, 11) is 0. The summed E-state index contributed by atoms with van der Waals surface area (Å²) in [6, 6.07) is 25.6. The molecule has 0 aliphatic carbocycles. The van der Waals surface area contributed by atoms with E-state index in [2.05, 4.69) is 10.6 Å². The molecule has 3 aromatic rings. The van der Waals surface area contributed by atoms with Crippen molar-refractivity contribution >= 4 is 28.4 Å². The summed E-state index contributed by atoms with van der Waals surface area (Å²) in [5, 5.41) is 6.66. The zero-order valence-electron chi connectivity index (χ0n) is 11.5. The van der Waals surface area contributed by atoms with E-state index in [1.807, 2.05) is 66.7 Å². The van der Waals surface area contributed by atoms with E-state index in [9.17, 15) is 0 Å². The van der Waals surface area contributed by atoms with E-state index in [4.69, 9.17) is 5.73 Å². The van der Waals surface area contributed by atoms with E-state index in [-0.39, 0.29) is 0 Å². The molecule has 0 spiro atoms. The fourth-order valence-corrected chi connectivity index (χ4v) is 2.05. The quantitative estimate of drug-likeness (QED) is 0.696. The van der Waals surface area contributed by atoms with Crippen LogP contribution < -0.4 is 16.4 Å². The monoisotopic (exact) mass is 274 g/mol. The van der Waals surface area contributed by atoms with E-state index in [0.29, 0.717) is 5.69 Å². The molecule has 0 bridgehead atoms. The number of para-hydroxylation sites is 1. The predicted molar refractivity (Wildman–Crippen MR) is 88.6 cm³/mol. The van der Waals surface area contributed by atoms with Gasteiger partial charge in [-0.1, -0.05) is 18.2 Å². The molecule has 3 rings (SSSR count). The Bertz CT molecular complexity index is 689. The van der Waals surface area contributed by atoms with Crippen LogP contribution in [0.2, 0.25) is 0 Å². The smallest absolute Gasteiger partial charge is 0.0541 e. The van der Waals surface area contributed by atoms with Crippen LogP contribution in [-0.4, -0.2) is 0 Å². The highest BCUT2D eigenvalue weighted by atomic mass is 14.9. The fourth-order valence-electron chi connectivity index (χ4n) is 2.05. The Balaban J connectivity index is 1.68. The molecular formula is C18H16N3. The van der Waals surface area contributed by atoms with Crippen molar-refractivity contribution in [3.63, 3.8) is 0 Å². The Morgan fingerprint density at radius 3 is 1.33 bits per heavy atom. The van der Waals surface area contributed by atoms with Crippen LogP contribution in [0.3, 0.4) is 0 Å². The summed E-state index contributed by atoms with van der Waals surface area (Å²) in [6.45, 7) is 0. The van der Waals surface area contributed by atoms with Crippen molar-refractivity contribution in [3.8, 4) is 0 Å². The van der Waals surface area contributed by atoms with Gasteiger partial charge in [0.15, 0.2) is 0 Å². The fraction of sp³-hybridized carbons (Fsp3) is 0. The van der Waals surface area contributed by atoms with E-state index in [1.165, 1.54) is 0 Å². The van der Waals surface area contributed by atoms with Gasteiger partial charge in [-0.3, -0.25) is 0 Å². The van der Waals surface area contributed by atoms with Gasteiger partial charge in [-0.2, -0.15) is 0 Å². The maximum absolute atomic E-state index is 7.47. The minimum Gasteiger partial charge on any atom is -0.356 e. The van der Waals surface area contributed by atoms with Crippen molar-refractivity contribution in [3.05, 3.63) is 78.9 Å². The van der Waals surface area contributed by atoms with Crippen LogP contribution in [-0.2, 0) is 0 Å². The minimum absolute atomic E-state index is 0.517. The number of rotatable bonds is 4. The zero-order chi connectivity index (χ0) is 14.5. The van der Waals surface area contributed by atoms with Crippen molar-refractivity contribution in [1.29, 1.82) is 0 Å². The molecule has 0 amide bonds. The SMILES string of the molecule is [NH]c1ccc(Nc2ccc(Nc3ccccc3)cc2)cc1. The second kappa shape index (κ2) is 6.01. The lowest BCUT2D eigenvalue weighted by Crippen LogP contribution is -1.92. The van der Waals surface area contributed by atoms with E-state index in [0.717, 1.165) is 22.7 Å². The van der Waals surface area contributed by atoms with Crippen molar-refractivity contribution in [1.82, 2.24) is 5.73 Å². The average molecular weight is 274 g/mol. The van der Waals surface area contributed by atoms with Gasteiger partial charge in [0, 0.05) is 22.7 Å². The van der Waals surface area contributed by atoms with Crippen LogP contribution in [0.5, 0.6) is 0 Å². The molecule has 0 aliphatic heterocycles. The maximum Gasteiger partial charge on any atom is 0.0541 e. The van der Waals surface area contributed by atoms with Crippen molar-refractivity contribution < 1.29 is 0 Å². The molecule has 0 aromatic heterocycles. The topological polar surface area (TPSA) is 47.9 Å². The molecule has 1 radical (unpaired) electrons. The lowest BCUT2D eigenvalue weighted by molar-refractivity contribution is 1.46. The Morgan fingerprint density at radius 2 is 0.857 bits per heavy atom. The Hall–Kier alpha value is -2.94. The van der Waals surface area contributed by atoms with E-state index < -0.39 is 0 Å². The van der Waals surface area contributed by atoms with Crippen LogP contribution in [0.25, 0.3) is 0 Å². The number of hydrogen-bond acceptors (Lipinski definition) is 2. The predicted octanol–water partition coefficient (Wildman–Crippen LogP) is 5.09. The van der Waals surface area contributed by atoms with Gasteiger partial charge in [0.05, 0.1) is 5.69 Å². The van der Waals surface area contributed by atoms with E-state index in [1.54, 1.807) is 12.1 Å². The molecule has 0 saturated heterocycles. The summed E-state index contributed by atoms with van der Waals surface area (Å²) in [6.07, 6.45) is 0. The molecule has 3 heteroatoms. The molecule has 0 atom stereocenters. The largest absolute Gasteiger partial charge is 0.356 e. The van der Waals surface area contributed by atoms with Crippen LogP contribution >= 0.6 is 0 Å². The van der Waals surface area contributed by atoms with Gasteiger partial charge in [0.1, 0.15) is 0 Å². The van der Waals surface area contributed by atoms with Gasteiger partial charge in [0.2, 0.25) is 0 Å². The van der Waals surface area contributed by atoms with Crippen LogP contribution in [0, 0.1) is 0 Å². The lowest BCUT2D eigenvalue weighted by Gasteiger charge is -2.09. The Morgan fingerprint density at radius 1 is 0.476 bits per heavy atom. The second-order valence-corrected chi connectivity index (χ2v) is 4.77. The summed E-state index contributed by atoms with van der Waals surface area (Å²) < 4.78 is 0. The molecule has 103 valence electrons. The van der Waals surface area contributed by atoms with Gasteiger partial charge in [-0.05, 0) is 60.7 Å². The Labute approximate surface area is 124 Å². The van der Waals surface area contributed by atoms with Gasteiger partial charge in [-0.25, -0.2) is 0 Å². The highest BCUT2D eigenvalue weighted by molar-refractivity contribution is 5.66. The third-order valence-corrected chi connectivity index (χ3v) is 3.12. The lowest BCUT2D eigenvalue weighted by atomic mass is 10.2. The first-order valence-corrected chi connectivity index (χ1v) is 6.80. The first-order chi connectivity index (χ1) is 10.3. The summed E-state index contributed by atoms with van der Waals surface area (Å²) in [4.78, 5) is 0. The molecule has 0 heterocycles. The standard InChI is InChI=1S/C18H16N3/c19-14-6-8-16(9-7-14)21-18-12-10-17(11-13-18)20-15-4-2-1-3-5-15/h1-13,19-21H. The number of nitrogens with one attached hydrogen (secondary N) is 3.